The molecule has 0 aliphatic carbocycles. The van der Waals surface area contributed by atoms with Crippen molar-refractivity contribution in [3.05, 3.63) is 121 Å². The highest BCUT2D eigenvalue weighted by Crippen LogP contribution is 2.20. The van der Waals surface area contributed by atoms with E-state index >= 15 is 0 Å². The molecular formula is C24H20O3S. The van der Waals surface area contributed by atoms with Crippen molar-refractivity contribution in [2.75, 3.05) is 0 Å². The third-order valence-electron chi connectivity index (χ3n) is 3.83. The van der Waals surface area contributed by atoms with E-state index < -0.39 is 9.84 Å². The molecule has 0 saturated carbocycles. The van der Waals surface area contributed by atoms with Crippen molar-refractivity contribution in [2.45, 2.75) is 9.79 Å². The van der Waals surface area contributed by atoms with Crippen LogP contribution in [-0.4, -0.2) is 8.42 Å². The van der Waals surface area contributed by atoms with Gasteiger partial charge in [-0.15, -0.1) is 0 Å². The Morgan fingerprint density at radius 1 is 0.429 bits per heavy atom. The quantitative estimate of drug-likeness (QED) is 0.431. The van der Waals surface area contributed by atoms with Gasteiger partial charge in [0.05, 0.1) is 9.79 Å². The van der Waals surface area contributed by atoms with Gasteiger partial charge in [0.1, 0.15) is 11.5 Å². The molecule has 0 aromatic heterocycles. The number of hydrogen-bond donors (Lipinski definition) is 0. The van der Waals surface area contributed by atoms with Gasteiger partial charge in [0, 0.05) is 0 Å². The van der Waals surface area contributed by atoms with Crippen LogP contribution in [0.25, 0.3) is 0 Å². The fourth-order valence-electron chi connectivity index (χ4n) is 2.45. The highest BCUT2D eigenvalue weighted by atomic mass is 32.2. The maximum atomic E-state index is 12.0. The van der Waals surface area contributed by atoms with Crippen LogP contribution in [0.1, 0.15) is 0 Å². The van der Waals surface area contributed by atoms with Crippen molar-refractivity contribution in [2.24, 2.45) is 0 Å². The standard InChI is InChI=1S/C12H10O2S.C12H10O/c13-15(14,11-7-3-1-4-8-11)12-9-5-2-6-10-12;1-3-7-11(8-4-1)13-12-9-5-2-6-10-12/h1-10H;1-10H. The van der Waals surface area contributed by atoms with Gasteiger partial charge in [-0.3, -0.25) is 0 Å². The molecule has 4 rings (SSSR count). The minimum Gasteiger partial charge on any atom is -0.457 e. The Bertz CT molecular complexity index is 981. The normalized spacial score (nSPS) is 10.4. The van der Waals surface area contributed by atoms with E-state index in [1.807, 2.05) is 60.7 Å². The highest BCUT2D eigenvalue weighted by molar-refractivity contribution is 7.91. The minimum atomic E-state index is -3.34. The van der Waals surface area contributed by atoms with E-state index in [2.05, 4.69) is 0 Å². The van der Waals surface area contributed by atoms with E-state index in [4.69, 9.17) is 4.74 Å². The number of hydrogen-bond acceptors (Lipinski definition) is 3. The highest BCUT2D eigenvalue weighted by Gasteiger charge is 2.15. The lowest BCUT2D eigenvalue weighted by atomic mass is 10.3. The summed E-state index contributed by atoms with van der Waals surface area (Å²) in [5.74, 6) is 1.74. The molecule has 0 fully saturated rings. The largest absolute Gasteiger partial charge is 0.457 e. The van der Waals surface area contributed by atoms with E-state index in [9.17, 15) is 8.42 Å². The molecule has 0 bridgehead atoms. The van der Waals surface area contributed by atoms with Crippen molar-refractivity contribution in [1.82, 2.24) is 0 Å². The summed E-state index contributed by atoms with van der Waals surface area (Å²) < 4.78 is 29.6. The predicted molar refractivity (Wildman–Crippen MR) is 111 cm³/mol. The SMILES string of the molecule is O=S(=O)(c1ccccc1)c1ccccc1.c1ccc(Oc2ccccc2)cc1. The molecule has 0 saturated heterocycles. The summed E-state index contributed by atoms with van der Waals surface area (Å²) in [5.41, 5.74) is 0. The average molecular weight is 388 g/mol. The molecule has 0 aliphatic heterocycles. The fraction of sp³-hybridized carbons (Fsp3) is 0. The smallest absolute Gasteiger partial charge is 0.206 e. The van der Waals surface area contributed by atoms with Gasteiger partial charge in [-0.05, 0) is 48.5 Å². The molecule has 0 unspecified atom stereocenters. The van der Waals surface area contributed by atoms with Gasteiger partial charge in [0.2, 0.25) is 9.84 Å². The van der Waals surface area contributed by atoms with E-state index in [-0.39, 0.29) is 0 Å². The van der Waals surface area contributed by atoms with Crippen LogP contribution in [0.2, 0.25) is 0 Å². The Kier molecular flexibility index (Phi) is 6.60. The van der Waals surface area contributed by atoms with Crippen molar-refractivity contribution in [1.29, 1.82) is 0 Å². The summed E-state index contributed by atoms with van der Waals surface area (Å²) >= 11 is 0. The van der Waals surface area contributed by atoms with Crippen LogP contribution in [0.4, 0.5) is 0 Å². The molecule has 4 heteroatoms. The van der Waals surface area contributed by atoms with Gasteiger partial charge in [-0.1, -0.05) is 72.8 Å². The maximum absolute atomic E-state index is 12.0. The molecule has 0 radical (unpaired) electrons. The molecule has 0 atom stereocenters. The summed E-state index contributed by atoms with van der Waals surface area (Å²) in [6, 6.07) is 36.4. The van der Waals surface area contributed by atoms with Crippen molar-refractivity contribution >= 4 is 9.84 Å². The van der Waals surface area contributed by atoms with Gasteiger partial charge in [-0.25, -0.2) is 8.42 Å². The first-order chi connectivity index (χ1) is 13.7. The number of benzene rings is 4. The Labute approximate surface area is 165 Å². The molecule has 3 nitrogen and oxygen atoms in total. The number of para-hydroxylation sites is 2. The number of sulfone groups is 1. The molecule has 0 aliphatic rings. The first-order valence-electron chi connectivity index (χ1n) is 8.79. The van der Waals surface area contributed by atoms with Gasteiger partial charge < -0.3 is 4.74 Å². The topological polar surface area (TPSA) is 43.4 Å². The molecule has 140 valence electrons. The van der Waals surface area contributed by atoms with E-state index in [0.29, 0.717) is 9.79 Å². The second-order valence-electron chi connectivity index (χ2n) is 5.86. The first kappa shape index (κ1) is 19.4. The summed E-state index contributed by atoms with van der Waals surface area (Å²) in [6.07, 6.45) is 0. The molecule has 0 amide bonds. The van der Waals surface area contributed by atoms with Crippen molar-refractivity contribution in [3.8, 4) is 11.5 Å². The number of ether oxygens (including phenoxy) is 1. The molecule has 0 heterocycles. The second-order valence-corrected chi connectivity index (χ2v) is 7.81. The third kappa shape index (κ3) is 5.32. The minimum absolute atomic E-state index is 0.330. The van der Waals surface area contributed by atoms with Gasteiger partial charge in [-0.2, -0.15) is 0 Å². The van der Waals surface area contributed by atoms with Crippen LogP contribution >= 0.6 is 0 Å². The lowest BCUT2D eigenvalue weighted by molar-refractivity contribution is 0.482. The zero-order valence-electron chi connectivity index (χ0n) is 15.2. The molecule has 4 aromatic rings. The molecule has 0 N–H and O–H groups in total. The monoisotopic (exact) mass is 388 g/mol. The van der Waals surface area contributed by atoms with Crippen LogP contribution < -0.4 is 4.74 Å². The van der Waals surface area contributed by atoms with Crippen LogP contribution in [-0.2, 0) is 9.84 Å². The average Bonchev–Trinajstić information content (AvgIpc) is 2.77. The van der Waals surface area contributed by atoms with E-state index in [1.165, 1.54) is 0 Å². The Morgan fingerprint density at radius 3 is 1.04 bits per heavy atom. The maximum Gasteiger partial charge on any atom is 0.206 e. The number of rotatable bonds is 4. The Hall–Kier alpha value is -3.37. The predicted octanol–water partition coefficient (Wildman–Crippen LogP) is 6.00. The van der Waals surface area contributed by atoms with E-state index in [1.54, 1.807) is 60.7 Å². The summed E-state index contributed by atoms with van der Waals surface area (Å²) in [6.45, 7) is 0. The van der Waals surface area contributed by atoms with Gasteiger partial charge in [0.25, 0.3) is 0 Å². The van der Waals surface area contributed by atoms with Gasteiger partial charge >= 0.3 is 0 Å². The van der Waals surface area contributed by atoms with Crippen LogP contribution in [0, 0.1) is 0 Å². The van der Waals surface area contributed by atoms with E-state index in [0.717, 1.165) is 11.5 Å². The zero-order chi connectivity index (χ0) is 19.7. The van der Waals surface area contributed by atoms with Crippen molar-refractivity contribution < 1.29 is 13.2 Å². The fourth-order valence-corrected chi connectivity index (χ4v) is 3.75. The lowest BCUT2D eigenvalue weighted by Gasteiger charge is -2.03. The summed E-state index contributed by atoms with van der Waals surface area (Å²) in [4.78, 5) is 0.660. The molecule has 4 aromatic carbocycles. The molecule has 0 spiro atoms. The van der Waals surface area contributed by atoms with Crippen molar-refractivity contribution in [3.63, 3.8) is 0 Å². The zero-order valence-corrected chi connectivity index (χ0v) is 16.0. The lowest BCUT2D eigenvalue weighted by Crippen LogP contribution is -2.00. The summed E-state index contributed by atoms with van der Waals surface area (Å²) in [5, 5.41) is 0. The molecule has 28 heavy (non-hydrogen) atoms. The Balaban J connectivity index is 0.000000162. The van der Waals surface area contributed by atoms with Gasteiger partial charge in [0.15, 0.2) is 0 Å². The Morgan fingerprint density at radius 2 is 0.714 bits per heavy atom. The second kappa shape index (κ2) is 9.53. The van der Waals surface area contributed by atoms with Crippen LogP contribution in [0.5, 0.6) is 11.5 Å². The van der Waals surface area contributed by atoms with Crippen LogP contribution in [0.15, 0.2) is 131 Å². The molecular weight excluding hydrogens is 368 g/mol. The summed E-state index contributed by atoms with van der Waals surface area (Å²) in [7, 11) is -3.34. The first-order valence-corrected chi connectivity index (χ1v) is 10.3. The third-order valence-corrected chi connectivity index (χ3v) is 5.61. The van der Waals surface area contributed by atoms with Crippen LogP contribution in [0.3, 0.4) is 0 Å².